The van der Waals surface area contributed by atoms with Gasteiger partial charge in [-0.2, -0.15) is 0 Å². The van der Waals surface area contributed by atoms with Crippen LogP contribution in [0.4, 0.5) is 0 Å². The molecule has 6 heteroatoms. The van der Waals surface area contributed by atoms with Crippen molar-refractivity contribution in [2.24, 2.45) is 5.92 Å². The molecule has 1 aliphatic carbocycles. The molecule has 2 N–H and O–H groups in total. The van der Waals surface area contributed by atoms with Crippen LogP contribution in [0.2, 0.25) is 5.02 Å². The Morgan fingerprint density at radius 1 is 1.72 bits per heavy atom. The summed E-state index contributed by atoms with van der Waals surface area (Å²) in [6.45, 7) is 0. The largest absolute Gasteiger partial charge is 0.480 e. The van der Waals surface area contributed by atoms with Gasteiger partial charge in [0, 0.05) is 11.9 Å². The zero-order valence-electron chi connectivity index (χ0n) is 10.0. The van der Waals surface area contributed by atoms with E-state index >= 15 is 0 Å². The van der Waals surface area contributed by atoms with E-state index in [2.05, 4.69) is 10.3 Å². The maximum absolute atomic E-state index is 11.5. The third-order valence-electron chi connectivity index (χ3n) is 3.26. The fourth-order valence-corrected chi connectivity index (χ4v) is 3.47. The van der Waals surface area contributed by atoms with E-state index in [1.807, 2.05) is 0 Å². The molecule has 0 aliphatic heterocycles. The maximum atomic E-state index is 11.5. The normalized spacial score (nSPS) is 18.3. The van der Waals surface area contributed by atoms with Gasteiger partial charge in [-0.25, -0.2) is 4.98 Å². The number of aliphatic carboxylic acids is 1. The quantitative estimate of drug-likeness (QED) is 0.786. The molecule has 0 aromatic carbocycles. The first-order valence-electron chi connectivity index (χ1n) is 5.76. The van der Waals surface area contributed by atoms with Gasteiger partial charge in [0.15, 0.2) is 0 Å². The molecule has 0 radical (unpaired) electrons. The highest BCUT2D eigenvalue weighted by molar-refractivity contribution is 7.99. The van der Waals surface area contributed by atoms with Crippen molar-refractivity contribution in [1.29, 1.82) is 0 Å². The van der Waals surface area contributed by atoms with Crippen molar-refractivity contribution in [2.45, 2.75) is 23.4 Å². The molecule has 1 aliphatic rings. The summed E-state index contributed by atoms with van der Waals surface area (Å²) in [7, 11) is 1.70. The second-order valence-electron chi connectivity index (χ2n) is 4.38. The van der Waals surface area contributed by atoms with Gasteiger partial charge < -0.3 is 10.4 Å². The van der Waals surface area contributed by atoms with Crippen LogP contribution in [0.5, 0.6) is 0 Å². The van der Waals surface area contributed by atoms with E-state index in [1.54, 1.807) is 25.4 Å². The predicted octanol–water partition coefficient (Wildman–Crippen LogP) is 2.28. The number of rotatable bonds is 6. The minimum absolute atomic E-state index is 0.204. The van der Waals surface area contributed by atoms with Crippen LogP contribution >= 0.6 is 23.4 Å². The third kappa shape index (κ3) is 2.63. The molecule has 1 fully saturated rings. The average Bonchev–Trinajstić information content (AvgIpc) is 3.17. The second-order valence-corrected chi connectivity index (χ2v) is 5.75. The van der Waals surface area contributed by atoms with Gasteiger partial charge in [-0.05, 0) is 37.9 Å². The summed E-state index contributed by atoms with van der Waals surface area (Å²) in [6.07, 6.45) is 3.58. The molecule has 0 bridgehead atoms. The minimum atomic E-state index is -0.870. The van der Waals surface area contributed by atoms with E-state index in [1.165, 1.54) is 11.8 Å². The number of likely N-dealkylation sites (N-methyl/N-ethyl adjacent to an activating group) is 1. The van der Waals surface area contributed by atoms with Crippen LogP contribution in [-0.4, -0.2) is 34.4 Å². The topological polar surface area (TPSA) is 62.2 Å². The predicted molar refractivity (Wildman–Crippen MR) is 72.1 cm³/mol. The third-order valence-corrected chi connectivity index (χ3v) is 4.88. The number of carboxylic acid groups (broad SMARTS) is 1. The minimum Gasteiger partial charge on any atom is -0.480 e. The highest BCUT2D eigenvalue weighted by Gasteiger charge is 2.50. The van der Waals surface area contributed by atoms with Crippen LogP contribution in [0.3, 0.4) is 0 Å². The van der Waals surface area contributed by atoms with E-state index in [-0.39, 0.29) is 5.92 Å². The van der Waals surface area contributed by atoms with Crippen LogP contribution in [0.15, 0.2) is 23.4 Å². The lowest BCUT2D eigenvalue weighted by Gasteiger charge is -2.28. The maximum Gasteiger partial charge on any atom is 0.325 e. The van der Waals surface area contributed by atoms with Gasteiger partial charge in [0.1, 0.15) is 10.6 Å². The van der Waals surface area contributed by atoms with Crippen molar-refractivity contribution in [3.05, 3.63) is 23.4 Å². The van der Waals surface area contributed by atoms with Gasteiger partial charge in [0.05, 0.1) is 5.02 Å². The van der Waals surface area contributed by atoms with Crippen LogP contribution in [0.25, 0.3) is 0 Å². The number of pyridine rings is 1. The molecule has 1 heterocycles. The Kier molecular flexibility index (Phi) is 4.14. The summed E-state index contributed by atoms with van der Waals surface area (Å²) in [4.78, 5) is 15.7. The molecule has 0 amide bonds. The van der Waals surface area contributed by atoms with Gasteiger partial charge in [-0.1, -0.05) is 11.6 Å². The lowest BCUT2D eigenvalue weighted by Crippen LogP contribution is -2.54. The van der Waals surface area contributed by atoms with Gasteiger partial charge in [-0.3, -0.25) is 4.79 Å². The molecule has 98 valence electrons. The van der Waals surface area contributed by atoms with Crippen LogP contribution < -0.4 is 5.32 Å². The molecule has 1 unspecified atom stereocenters. The van der Waals surface area contributed by atoms with Gasteiger partial charge in [0.25, 0.3) is 0 Å². The lowest BCUT2D eigenvalue weighted by atomic mass is 9.96. The summed E-state index contributed by atoms with van der Waals surface area (Å²) in [5.41, 5.74) is -0.870. The second kappa shape index (κ2) is 5.47. The van der Waals surface area contributed by atoms with Crippen molar-refractivity contribution < 1.29 is 9.90 Å². The van der Waals surface area contributed by atoms with Gasteiger partial charge in [-0.15, -0.1) is 11.8 Å². The number of nitrogens with zero attached hydrogens (tertiary/aromatic N) is 1. The van der Waals surface area contributed by atoms with Gasteiger partial charge in [0.2, 0.25) is 0 Å². The Bertz CT molecular complexity index is 453. The Morgan fingerprint density at radius 2 is 2.44 bits per heavy atom. The van der Waals surface area contributed by atoms with Crippen molar-refractivity contribution in [2.75, 3.05) is 12.8 Å². The first-order chi connectivity index (χ1) is 8.60. The van der Waals surface area contributed by atoms with Crippen molar-refractivity contribution >= 4 is 29.3 Å². The molecule has 18 heavy (non-hydrogen) atoms. The van der Waals surface area contributed by atoms with E-state index in [0.29, 0.717) is 15.8 Å². The highest BCUT2D eigenvalue weighted by atomic mass is 35.5. The first kappa shape index (κ1) is 13.6. The van der Waals surface area contributed by atoms with Crippen molar-refractivity contribution in [3.63, 3.8) is 0 Å². The number of aromatic nitrogens is 1. The Balaban J connectivity index is 2.11. The highest BCUT2D eigenvalue weighted by Crippen LogP contribution is 2.42. The fourth-order valence-electron chi connectivity index (χ4n) is 1.97. The molecule has 1 aromatic heterocycles. The molecule has 2 rings (SSSR count). The van der Waals surface area contributed by atoms with E-state index in [0.717, 1.165) is 12.8 Å². The monoisotopic (exact) mass is 286 g/mol. The molecular weight excluding hydrogens is 272 g/mol. The molecule has 1 saturated carbocycles. The summed E-state index contributed by atoms with van der Waals surface area (Å²) in [5.74, 6) is -0.165. The standard InChI is InChI=1S/C12H15ClN2O2S/c1-14-12(11(16)17,8-4-5-8)7-18-10-9(13)3-2-6-15-10/h2-3,6,8,14H,4-5,7H2,1H3,(H,16,17). The molecular formula is C12H15ClN2O2S. The summed E-state index contributed by atoms with van der Waals surface area (Å²) >= 11 is 7.41. The zero-order chi connectivity index (χ0) is 13.2. The van der Waals surface area contributed by atoms with E-state index in [9.17, 15) is 9.90 Å². The summed E-state index contributed by atoms with van der Waals surface area (Å²) in [6, 6.07) is 3.52. The number of carbonyl (C=O) groups is 1. The number of nitrogens with one attached hydrogen (secondary N) is 1. The zero-order valence-corrected chi connectivity index (χ0v) is 11.6. The molecule has 1 atom stereocenters. The Hall–Kier alpha value is -0.780. The first-order valence-corrected chi connectivity index (χ1v) is 7.12. The molecule has 4 nitrogen and oxygen atoms in total. The summed E-state index contributed by atoms with van der Waals surface area (Å²) in [5, 5.41) is 13.7. The van der Waals surface area contributed by atoms with Crippen LogP contribution in [0.1, 0.15) is 12.8 Å². The number of carboxylic acids is 1. The van der Waals surface area contributed by atoms with E-state index < -0.39 is 11.5 Å². The average molecular weight is 287 g/mol. The Morgan fingerprint density at radius 3 is 2.94 bits per heavy atom. The van der Waals surface area contributed by atoms with E-state index in [4.69, 9.17) is 11.6 Å². The number of hydrogen-bond acceptors (Lipinski definition) is 4. The fraction of sp³-hybridized carbons (Fsp3) is 0.500. The number of thioether (sulfide) groups is 1. The lowest BCUT2D eigenvalue weighted by molar-refractivity contribution is -0.144. The van der Waals surface area contributed by atoms with Crippen LogP contribution in [-0.2, 0) is 4.79 Å². The molecule has 1 aromatic rings. The molecule has 0 spiro atoms. The Labute approximate surface area is 115 Å². The molecule has 0 saturated heterocycles. The van der Waals surface area contributed by atoms with Crippen molar-refractivity contribution in [3.8, 4) is 0 Å². The van der Waals surface area contributed by atoms with Gasteiger partial charge >= 0.3 is 5.97 Å². The number of halogens is 1. The SMILES string of the molecule is CNC(CSc1ncccc1Cl)(C(=O)O)C1CC1. The summed E-state index contributed by atoms with van der Waals surface area (Å²) < 4.78 is 0. The van der Waals surface area contributed by atoms with Crippen molar-refractivity contribution in [1.82, 2.24) is 10.3 Å². The smallest absolute Gasteiger partial charge is 0.325 e. The van der Waals surface area contributed by atoms with Crippen LogP contribution in [0, 0.1) is 5.92 Å². The number of hydrogen-bond donors (Lipinski definition) is 2.